The minimum atomic E-state index is -1.62. The van der Waals surface area contributed by atoms with Gasteiger partial charge in [-0.25, -0.2) is 0 Å². The van der Waals surface area contributed by atoms with E-state index in [0.717, 1.165) is 22.6 Å². The summed E-state index contributed by atoms with van der Waals surface area (Å²) in [4.78, 5) is 0. The molecule has 0 saturated heterocycles. The molecule has 0 N–H and O–H groups in total. The minimum Gasteiger partial charge on any atom is -0.467 e. The number of methoxy groups -OCH3 is 2. The lowest BCUT2D eigenvalue weighted by atomic mass is 10.0. The van der Waals surface area contributed by atoms with Gasteiger partial charge in [-0.1, -0.05) is 75.7 Å². The van der Waals surface area contributed by atoms with Gasteiger partial charge in [-0.05, 0) is 10.4 Å². The Hall–Kier alpha value is -1.18. The van der Waals surface area contributed by atoms with Crippen LogP contribution in [0.15, 0.2) is 36.4 Å². The summed E-state index contributed by atoms with van der Waals surface area (Å²) >= 11 is 0. The Labute approximate surface area is 186 Å². The van der Waals surface area contributed by atoms with Crippen LogP contribution in [-0.4, -0.2) is 44.0 Å². The fraction of sp³-hybridized carbons (Fsp3) is 0.478. The maximum Gasteiger partial charge on any atom is 0.188 e. The Morgan fingerprint density at radius 1 is 0.700 bits per heavy atom. The third-order valence-electron chi connectivity index (χ3n) is 5.02. The third kappa shape index (κ3) is 5.95. The van der Waals surface area contributed by atoms with E-state index >= 15 is 0 Å². The number of benzene rings is 2. The molecule has 0 aromatic heterocycles. The van der Waals surface area contributed by atoms with Gasteiger partial charge in [0, 0.05) is 31.0 Å². The van der Waals surface area contributed by atoms with Crippen molar-refractivity contribution in [3.05, 3.63) is 47.5 Å². The van der Waals surface area contributed by atoms with Gasteiger partial charge >= 0.3 is 0 Å². The Morgan fingerprint density at radius 3 is 1.37 bits per heavy atom. The number of rotatable bonds is 10. The van der Waals surface area contributed by atoms with E-state index < -0.39 is 16.1 Å². The Balaban J connectivity index is 2.67. The maximum atomic E-state index is 6.15. The van der Waals surface area contributed by atoms with Gasteiger partial charge in [0.15, 0.2) is 13.6 Å². The average molecular weight is 465 g/mol. The summed E-state index contributed by atoms with van der Waals surface area (Å²) < 4.78 is 22.8. The predicted molar refractivity (Wildman–Crippen MR) is 135 cm³/mol. The fourth-order valence-corrected chi connectivity index (χ4v) is 7.02. The van der Waals surface area contributed by atoms with Crippen molar-refractivity contribution < 1.29 is 18.9 Å². The van der Waals surface area contributed by atoms with Crippen LogP contribution in [0.5, 0.6) is 11.5 Å². The first-order valence-corrected chi connectivity index (χ1v) is 17.9. The summed E-state index contributed by atoms with van der Waals surface area (Å²) in [5.74, 6) is 1.88. The summed E-state index contributed by atoms with van der Waals surface area (Å²) in [5.41, 5.74) is 2.29. The van der Waals surface area contributed by atoms with Crippen LogP contribution in [0.3, 0.4) is 0 Å². The van der Waals surface area contributed by atoms with E-state index in [-0.39, 0.29) is 19.2 Å². The van der Waals surface area contributed by atoms with Crippen molar-refractivity contribution in [1.82, 2.24) is 0 Å². The monoisotopic (exact) mass is 464 g/mol. The number of hydrogen-bond donors (Lipinski definition) is 0. The molecule has 0 saturated carbocycles. The molecular formula is C23H37O4PSi2. The molecule has 0 aliphatic rings. The van der Waals surface area contributed by atoms with Crippen LogP contribution in [0.2, 0.25) is 39.3 Å². The molecule has 0 radical (unpaired) electrons. The van der Waals surface area contributed by atoms with E-state index in [0.29, 0.717) is 0 Å². The van der Waals surface area contributed by atoms with Crippen LogP contribution in [-0.2, 0) is 9.47 Å². The fourth-order valence-electron chi connectivity index (χ4n) is 3.51. The standard InChI is InChI=1S/C23H37O4PSi2/c1-24-15-26-21-17(11-9-13-19(21)29(3,4)5)23(28)18-12-10-14-20(30(6,7)8)22(18)27-16-25-2/h9-14,23H,15-16,28H2,1-8H3. The van der Waals surface area contributed by atoms with Crippen LogP contribution < -0.4 is 19.8 Å². The predicted octanol–water partition coefficient (Wildman–Crippen LogP) is 4.71. The number of hydrogen-bond acceptors (Lipinski definition) is 4. The van der Waals surface area contributed by atoms with E-state index in [2.05, 4.69) is 84.9 Å². The van der Waals surface area contributed by atoms with Gasteiger partial charge in [0.25, 0.3) is 0 Å². The van der Waals surface area contributed by atoms with Crippen molar-refractivity contribution in [3.63, 3.8) is 0 Å². The Bertz CT molecular complexity index is 775. The molecule has 0 heterocycles. The van der Waals surface area contributed by atoms with E-state index in [9.17, 15) is 0 Å². The zero-order valence-electron chi connectivity index (χ0n) is 19.7. The van der Waals surface area contributed by atoms with Gasteiger partial charge < -0.3 is 18.9 Å². The summed E-state index contributed by atoms with van der Waals surface area (Å²) in [5, 5.41) is 2.59. The van der Waals surface area contributed by atoms with Gasteiger partial charge in [0.1, 0.15) is 11.5 Å². The van der Waals surface area contributed by atoms with Crippen molar-refractivity contribution in [2.75, 3.05) is 27.8 Å². The van der Waals surface area contributed by atoms with E-state index in [1.54, 1.807) is 14.2 Å². The molecule has 4 nitrogen and oxygen atoms in total. The van der Waals surface area contributed by atoms with Crippen LogP contribution in [0.1, 0.15) is 16.8 Å². The van der Waals surface area contributed by atoms with Crippen molar-refractivity contribution in [2.45, 2.75) is 44.9 Å². The molecule has 0 bridgehead atoms. The molecular weight excluding hydrogens is 427 g/mol. The van der Waals surface area contributed by atoms with Crippen LogP contribution in [0, 0.1) is 0 Å². The lowest BCUT2D eigenvalue weighted by molar-refractivity contribution is 0.0505. The van der Waals surface area contributed by atoms with Crippen LogP contribution in [0.25, 0.3) is 0 Å². The molecule has 0 fully saturated rings. The molecule has 2 aromatic carbocycles. The van der Waals surface area contributed by atoms with Crippen LogP contribution in [0.4, 0.5) is 0 Å². The molecule has 166 valence electrons. The van der Waals surface area contributed by atoms with Crippen molar-refractivity contribution in [1.29, 1.82) is 0 Å². The average Bonchev–Trinajstić information content (AvgIpc) is 2.68. The first-order chi connectivity index (χ1) is 14.0. The zero-order valence-corrected chi connectivity index (χ0v) is 22.8. The summed E-state index contributed by atoms with van der Waals surface area (Å²) in [7, 11) is 3.08. The maximum absolute atomic E-state index is 6.15. The molecule has 1 atom stereocenters. The highest BCUT2D eigenvalue weighted by Crippen LogP contribution is 2.40. The summed E-state index contributed by atoms with van der Waals surface area (Å²) in [6.07, 6.45) is 0. The third-order valence-corrected chi connectivity index (χ3v) is 9.76. The van der Waals surface area contributed by atoms with E-state index in [1.807, 2.05) is 0 Å². The van der Waals surface area contributed by atoms with E-state index in [1.165, 1.54) is 10.4 Å². The van der Waals surface area contributed by atoms with Gasteiger partial charge in [-0.2, -0.15) is 0 Å². The topological polar surface area (TPSA) is 36.9 Å². The largest absolute Gasteiger partial charge is 0.467 e. The van der Waals surface area contributed by atoms with Gasteiger partial charge in [-0.15, -0.1) is 9.24 Å². The Morgan fingerprint density at radius 2 is 1.07 bits per heavy atom. The van der Waals surface area contributed by atoms with Crippen molar-refractivity contribution in [2.24, 2.45) is 0 Å². The lowest BCUT2D eigenvalue weighted by Gasteiger charge is -2.28. The molecule has 30 heavy (non-hydrogen) atoms. The second-order valence-corrected chi connectivity index (χ2v) is 20.3. The number of ether oxygens (including phenoxy) is 4. The molecule has 1 unspecified atom stereocenters. The second-order valence-electron chi connectivity index (χ2n) is 9.53. The summed E-state index contributed by atoms with van der Waals surface area (Å²) in [6, 6.07) is 13.0. The SMILES string of the molecule is COCOc1c(C(P)c2cccc([Si](C)(C)C)c2OCOC)cccc1[Si](C)(C)C. The van der Waals surface area contributed by atoms with Gasteiger partial charge in [0.2, 0.25) is 0 Å². The number of para-hydroxylation sites is 2. The highest BCUT2D eigenvalue weighted by atomic mass is 31.0. The molecule has 0 amide bonds. The Kier molecular flexibility index (Phi) is 8.72. The lowest BCUT2D eigenvalue weighted by Crippen LogP contribution is -2.40. The molecule has 2 aromatic rings. The molecule has 0 aliphatic heterocycles. The van der Waals surface area contributed by atoms with Crippen molar-refractivity contribution in [3.8, 4) is 11.5 Å². The quantitative estimate of drug-likeness (QED) is 0.290. The molecule has 7 heteroatoms. The first kappa shape index (κ1) is 25.1. The smallest absolute Gasteiger partial charge is 0.188 e. The van der Waals surface area contributed by atoms with Gasteiger partial charge in [-0.3, -0.25) is 0 Å². The zero-order chi connectivity index (χ0) is 22.5. The van der Waals surface area contributed by atoms with Crippen molar-refractivity contribution >= 4 is 35.8 Å². The second kappa shape index (κ2) is 10.4. The summed E-state index contributed by atoms with van der Waals surface area (Å²) in [6.45, 7) is 14.5. The highest BCUT2D eigenvalue weighted by Gasteiger charge is 2.29. The normalized spacial score (nSPS) is 12.3. The molecule has 2 rings (SSSR count). The molecule has 0 aliphatic carbocycles. The minimum absolute atomic E-state index is 0.0244. The molecule has 0 spiro atoms. The van der Waals surface area contributed by atoms with Gasteiger partial charge in [0.05, 0.1) is 16.1 Å². The van der Waals surface area contributed by atoms with Crippen LogP contribution >= 0.6 is 9.24 Å². The van der Waals surface area contributed by atoms with E-state index in [4.69, 9.17) is 18.9 Å². The highest BCUT2D eigenvalue weighted by molar-refractivity contribution is 7.17. The first-order valence-electron chi connectivity index (χ1n) is 10.3.